The summed E-state index contributed by atoms with van der Waals surface area (Å²) in [5.41, 5.74) is 0.541. The molecule has 0 amide bonds. The molecule has 1 atom stereocenters. The molecular weight excluding hydrogens is 382 g/mol. The van der Waals surface area contributed by atoms with Crippen LogP contribution in [0.3, 0.4) is 0 Å². The Bertz CT molecular complexity index is 744. The number of allylic oxidation sites excluding steroid dienone is 2. The SMILES string of the molecule is CCOc1ccc(C2CCC(C3CCC(C4CC=C(C)OC4)CC3)CC2)c(F)c1F. The van der Waals surface area contributed by atoms with Crippen LogP contribution in [0.2, 0.25) is 0 Å². The highest BCUT2D eigenvalue weighted by Crippen LogP contribution is 2.46. The van der Waals surface area contributed by atoms with E-state index in [0.29, 0.717) is 18.1 Å². The van der Waals surface area contributed by atoms with Crippen molar-refractivity contribution in [3.63, 3.8) is 0 Å². The first-order valence-electron chi connectivity index (χ1n) is 12.0. The van der Waals surface area contributed by atoms with E-state index in [1.807, 2.05) is 0 Å². The normalized spacial score (nSPS) is 32.3. The van der Waals surface area contributed by atoms with Gasteiger partial charge in [-0.05, 0) is 119 Å². The summed E-state index contributed by atoms with van der Waals surface area (Å²) in [5, 5.41) is 0. The van der Waals surface area contributed by atoms with Crippen LogP contribution in [0.15, 0.2) is 24.0 Å². The van der Waals surface area contributed by atoms with Crippen molar-refractivity contribution in [1.29, 1.82) is 0 Å². The first kappa shape index (κ1) is 21.6. The van der Waals surface area contributed by atoms with Crippen molar-refractivity contribution >= 4 is 0 Å². The topological polar surface area (TPSA) is 18.5 Å². The molecule has 2 fully saturated rings. The van der Waals surface area contributed by atoms with Crippen LogP contribution in [0.4, 0.5) is 8.78 Å². The smallest absolute Gasteiger partial charge is 0.200 e. The zero-order valence-corrected chi connectivity index (χ0v) is 18.5. The van der Waals surface area contributed by atoms with Crippen molar-refractivity contribution < 1.29 is 18.3 Å². The number of hydrogen-bond acceptors (Lipinski definition) is 2. The van der Waals surface area contributed by atoms with E-state index in [9.17, 15) is 8.78 Å². The molecule has 0 N–H and O–H groups in total. The van der Waals surface area contributed by atoms with Crippen LogP contribution in [0.25, 0.3) is 0 Å². The summed E-state index contributed by atoms with van der Waals surface area (Å²) in [6.07, 6.45) is 12.9. The Hall–Kier alpha value is -1.58. The molecule has 1 aromatic carbocycles. The van der Waals surface area contributed by atoms with Crippen LogP contribution in [0, 0.1) is 35.3 Å². The highest BCUT2D eigenvalue weighted by molar-refractivity contribution is 5.33. The average molecular weight is 419 g/mol. The minimum absolute atomic E-state index is 0.0261. The molecule has 3 aliphatic rings. The standard InChI is InChI=1S/C26H36F2O2/c1-3-29-24-15-14-23(25(27)26(24)28)21-12-10-19(11-13-21)18-6-8-20(9-7-18)22-5-4-17(2)30-16-22/h4,14-15,18-22H,3,5-13,16H2,1-2H3. The molecule has 4 rings (SSSR count). The molecule has 2 nitrogen and oxygen atoms in total. The Morgan fingerprint density at radius 1 is 0.867 bits per heavy atom. The molecule has 2 aliphatic carbocycles. The fourth-order valence-corrected chi connectivity index (χ4v) is 6.13. The minimum atomic E-state index is -0.827. The van der Waals surface area contributed by atoms with Gasteiger partial charge >= 0.3 is 0 Å². The van der Waals surface area contributed by atoms with E-state index in [2.05, 4.69) is 13.0 Å². The third-order valence-electron chi connectivity index (χ3n) is 7.97. The lowest BCUT2D eigenvalue weighted by Gasteiger charge is -2.40. The first-order valence-corrected chi connectivity index (χ1v) is 12.0. The maximum absolute atomic E-state index is 14.6. The third-order valence-corrected chi connectivity index (χ3v) is 7.97. The van der Waals surface area contributed by atoms with E-state index in [1.54, 1.807) is 19.1 Å². The van der Waals surface area contributed by atoms with Crippen LogP contribution in [0.5, 0.6) is 5.75 Å². The van der Waals surface area contributed by atoms with Gasteiger partial charge in [-0.25, -0.2) is 4.39 Å². The van der Waals surface area contributed by atoms with Gasteiger partial charge in [0.25, 0.3) is 0 Å². The number of benzene rings is 1. The third kappa shape index (κ3) is 4.68. The Kier molecular flexibility index (Phi) is 7.00. The summed E-state index contributed by atoms with van der Waals surface area (Å²) in [4.78, 5) is 0. The maximum atomic E-state index is 14.6. The molecule has 166 valence electrons. The molecule has 0 bridgehead atoms. The van der Waals surface area contributed by atoms with Crippen LogP contribution >= 0.6 is 0 Å². The second-order valence-corrected chi connectivity index (χ2v) is 9.62. The predicted octanol–water partition coefficient (Wildman–Crippen LogP) is 7.38. The van der Waals surface area contributed by atoms with Crippen molar-refractivity contribution in [2.24, 2.45) is 23.7 Å². The van der Waals surface area contributed by atoms with Gasteiger partial charge in [0.2, 0.25) is 5.82 Å². The van der Waals surface area contributed by atoms with Gasteiger partial charge in [0, 0.05) is 0 Å². The molecule has 0 aromatic heterocycles. The van der Waals surface area contributed by atoms with Crippen molar-refractivity contribution in [3.8, 4) is 5.75 Å². The lowest BCUT2D eigenvalue weighted by Crippen LogP contribution is -2.30. The molecule has 2 saturated carbocycles. The Morgan fingerprint density at radius 3 is 2.03 bits per heavy atom. The lowest BCUT2D eigenvalue weighted by atomic mass is 9.66. The monoisotopic (exact) mass is 418 g/mol. The summed E-state index contributed by atoms with van der Waals surface area (Å²) in [6, 6.07) is 3.33. The van der Waals surface area contributed by atoms with Gasteiger partial charge < -0.3 is 9.47 Å². The van der Waals surface area contributed by atoms with Gasteiger partial charge in [-0.1, -0.05) is 6.07 Å². The summed E-state index contributed by atoms with van der Waals surface area (Å²) in [7, 11) is 0. The van der Waals surface area contributed by atoms with Crippen molar-refractivity contribution in [3.05, 3.63) is 41.2 Å². The van der Waals surface area contributed by atoms with E-state index in [-0.39, 0.29) is 11.7 Å². The Balaban J connectivity index is 1.28. The number of halogens is 2. The number of rotatable bonds is 5. The fourth-order valence-electron chi connectivity index (χ4n) is 6.13. The summed E-state index contributed by atoms with van der Waals surface area (Å²) in [5.74, 6) is 2.78. The molecule has 1 aromatic rings. The fraction of sp³-hybridized carbons (Fsp3) is 0.692. The molecule has 1 heterocycles. The van der Waals surface area contributed by atoms with E-state index in [4.69, 9.17) is 9.47 Å². The van der Waals surface area contributed by atoms with E-state index >= 15 is 0 Å². The van der Waals surface area contributed by atoms with Gasteiger partial charge in [0.05, 0.1) is 19.0 Å². The predicted molar refractivity (Wildman–Crippen MR) is 115 cm³/mol. The minimum Gasteiger partial charge on any atom is -0.498 e. The Labute approximate surface area is 180 Å². The zero-order valence-electron chi connectivity index (χ0n) is 18.5. The number of ether oxygens (including phenoxy) is 2. The highest BCUT2D eigenvalue weighted by Gasteiger charge is 2.35. The molecule has 30 heavy (non-hydrogen) atoms. The van der Waals surface area contributed by atoms with Crippen LogP contribution < -0.4 is 4.74 Å². The second kappa shape index (κ2) is 9.70. The first-order chi connectivity index (χ1) is 14.6. The summed E-state index contributed by atoms with van der Waals surface area (Å²) < 4.78 is 39.8. The molecule has 4 heteroatoms. The van der Waals surface area contributed by atoms with Gasteiger partial charge in [0.15, 0.2) is 11.6 Å². The van der Waals surface area contributed by atoms with E-state index in [0.717, 1.165) is 55.8 Å². The number of hydrogen-bond donors (Lipinski definition) is 0. The van der Waals surface area contributed by atoms with Gasteiger partial charge in [-0.3, -0.25) is 0 Å². The van der Waals surface area contributed by atoms with E-state index < -0.39 is 11.6 Å². The molecule has 0 radical (unpaired) electrons. The molecule has 1 aliphatic heterocycles. The summed E-state index contributed by atoms with van der Waals surface area (Å²) >= 11 is 0. The van der Waals surface area contributed by atoms with Crippen LogP contribution in [-0.4, -0.2) is 13.2 Å². The maximum Gasteiger partial charge on any atom is 0.200 e. The van der Waals surface area contributed by atoms with E-state index in [1.165, 1.54) is 32.1 Å². The van der Waals surface area contributed by atoms with Crippen molar-refractivity contribution in [2.45, 2.75) is 77.6 Å². The second-order valence-electron chi connectivity index (χ2n) is 9.62. The Morgan fingerprint density at radius 2 is 1.47 bits per heavy atom. The van der Waals surface area contributed by atoms with Crippen LogP contribution in [-0.2, 0) is 4.74 Å². The highest BCUT2D eigenvalue weighted by atomic mass is 19.2. The zero-order chi connectivity index (χ0) is 21.1. The quantitative estimate of drug-likeness (QED) is 0.496. The molecular formula is C26H36F2O2. The molecule has 0 spiro atoms. The van der Waals surface area contributed by atoms with Gasteiger partial charge in [-0.15, -0.1) is 0 Å². The van der Waals surface area contributed by atoms with Crippen molar-refractivity contribution in [1.82, 2.24) is 0 Å². The lowest BCUT2D eigenvalue weighted by molar-refractivity contribution is 0.0754. The largest absolute Gasteiger partial charge is 0.498 e. The summed E-state index contributed by atoms with van der Waals surface area (Å²) in [6.45, 7) is 5.07. The van der Waals surface area contributed by atoms with Crippen molar-refractivity contribution in [2.75, 3.05) is 13.2 Å². The van der Waals surface area contributed by atoms with Gasteiger partial charge in [0.1, 0.15) is 0 Å². The van der Waals surface area contributed by atoms with Gasteiger partial charge in [-0.2, -0.15) is 4.39 Å². The average Bonchev–Trinajstić information content (AvgIpc) is 2.78. The molecule has 0 saturated heterocycles. The van der Waals surface area contributed by atoms with Crippen LogP contribution in [0.1, 0.15) is 83.1 Å². The molecule has 1 unspecified atom stereocenters.